The average molecular weight is 579 g/mol. The summed E-state index contributed by atoms with van der Waals surface area (Å²) in [5, 5.41) is 18.0. The third-order valence-corrected chi connectivity index (χ3v) is 10.2. The number of hydrogen-bond donors (Lipinski definition) is 2. The number of hydrogen-bond acceptors (Lipinski definition) is 11. The molecule has 0 bridgehead atoms. The summed E-state index contributed by atoms with van der Waals surface area (Å²) in [5.41, 5.74) is 0. The molecule has 0 amide bonds. The summed E-state index contributed by atoms with van der Waals surface area (Å²) in [6.45, 7) is 16.9. The molecule has 0 saturated carbocycles. The summed E-state index contributed by atoms with van der Waals surface area (Å²) in [6, 6.07) is 0. The molecule has 228 valence electrons. The maximum absolute atomic E-state index is 11.3. The van der Waals surface area contributed by atoms with Crippen molar-refractivity contribution in [2.45, 2.75) is 110 Å². The lowest BCUT2D eigenvalue weighted by molar-refractivity contribution is -0.144. The maximum atomic E-state index is 11.3. The zero-order valence-corrected chi connectivity index (χ0v) is 26.3. The van der Waals surface area contributed by atoms with Crippen molar-refractivity contribution in [3.63, 3.8) is 0 Å². The Hall–Kier alpha value is -2.41. The second kappa shape index (κ2) is 21.4. The fourth-order valence-electron chi connectivity index (χ4n) is 2.57. The molecule has 0 aromatic carbocycles. The van der Waals surface area contributed by atoms with Crippen molar-refractivity contribution in [3.05, 3.63) is 12.7 Å². The highest BCUT2D eigenvalue weighted by atomic mass is 28.4. The van der Waals surface area contributed by atoms with E-state index in [4.69, 9.17) is 14.6 Å². The number of methoxy groups -OCH3 is 3. The van der Waals surface area contributed by atoms with E-state index >= 15 is 0 Å². The van der Waals surface area contributed by atoms with Gasteiger partial charge in [0.25, 0.3) is 0 Å². The van der Waals surface area contributed by atoms with Crippen molar-refractivity contribution in [2.75, 3.05) is 21.3 Å². The van der Waals surface area contributed by atoms with E-state index in [1.807, 2.05) is 0 Å². The van der Waals surface area contributed by atoms with E-state index in [-0.39, 0.29) is 60.8 Å². The standard InChI is InChI=1S/C13H26O4Si.C7H12O4.C7H12O3/c1-10(14)8-11(9-12(15)16-5)17-18(6,7)13(2,3)4;1-5(8)3-6(9)4-7(10)11-2;1-3-4-6(8)5-7(9)10-2/h11H,8-9H2,1-7H3;6,9H,3-4H2,1-2H3;3,6,8H,1,4-5H2,2H3/t11-;2*6-/m111/s1. The number of aliphatic hydroxyl groups is 2. The molecule has 0 fully saturated rings. The van der Waals surface area contributed by atoms with Gasteiger partial charge in [-0.2, -0.15) is 0 Å². The summed E-state index contributed by atoms with van der Waals surface area (Å²) < 4.78 is 19.4. The minimum absolute atomic E-state index is 0.00903. The summed E-state index contributed by atoms with van der Waals surface area (Å²) in [4.78, 5) is 54.0. The van der Waals surface area contributed by atoms with Crippen LogP contribution in [-0.2, 0) is 42.6 Å². The molecule has 12 heteroatoms. The molecule has 0 heterocycles. The van der Waals surface area contributed by atoms with E-state index < -0.39 is 32.5 Å². The molecule has 11 nitrogen and oxygen atoms in total. The van der Waals surface area contributed by atoms with Gasteiger partial charge in [0.15, 0.2) is 8.32 Å². The highest BCUT2D eigenvalue weighted by Crippen LogP contribution is 2.38. The monoisotopic (exact) mass is 578 g/mol. The number of aliphatic hydroxyl groups excluding tert-OH is 2. The van der Waals surface area contributed by atoms with Crippen molar-refractivity contribution >= 4 is 37.8 Å². The normalized spacial score (nSPS) is 13.1. The van der Waals surface area contributed by atoms with Gasteiger partial charge in [0.1, 0.15) is 11.6 Å². The van der Waals surface area contributed by atoms with Gasteiger partial charge in [-0.15, -0.1) is 6.58 Å². The second-order valence-corrected chi connectivity index (χ2v) is 15.2. The van der Waals surface area contributed by atoms with Crippen molar-refractivity contribution in [1.29, 1.82) is 0 Å². The van der Waals surface area contributed by atoms with Crippen LogP contribution in [0.4, 0.5) is 0 Å². The van der Waals surface area contributed by atoms with Crippen LogP contribution in [0, 0.1) is 0 Å². The number of Topliss-reactive ketones (excluding diaryl/α,β-unsaturated/α-hetero) is 2. The third kappa shape index (κ3) is 24.4. The molecule has 0 aliphatic rings. The Morgan fingerprint density at radius 1 is 0.744 bits per heavy atom. The highest BCUT2D eigenvalue weighted by molar-refractivity contribution is 6.74. The van der Waals surface area contributed by atoms with Crippen LogP contribution in [0.25, 0.3) is 0 Å². The molecular weight excluding hydrogens is 528 g/mol. The lowest BCUT2D eigenvalue weighted by Crippen LogP contribution is -2.44. The Bertz CT molecular complexity index is 772. The minimum atomic E-state index is -1.97. The summed E-state index contributed by atoms with van der Waals surface area (Å²) in [5.74, 6) is -1.34. The Kier molecular flexibility index (Phi) is 22.6. The lowest BCUT2D eigenvalue weighted by Gasteiger charge is -2.39. The zero-order valence-electron chi connectivity index (χ0n) is 25.3. The molecular formula is C27H50O11Si. The smallest absolute Gasteiger partial charge is 0.308 e. The van der Waals surface area contributed by atoms with Gasteiger partial charge >= 0.3 is 17.9 Å². The second-order valence-electron chi connectivity index (χ2n) is 10.5. The fourth-order valence-corrected chi connectivity index (χ4v) is 3.92. The summed E-state index contributed by atoms with van der Waals surface area (Å²) >= 11 is 0. The van der Waals surface area contributed by atoms with Gasteiger partial charge in [-0.25, -0.2) is 0 Å². The topological polar surface area (TPSA) is 163 Å². The SMILES string of the molecule is C=CC[C@@H](O)CC(=O)OC.COC(=O)C[C@@H](CC(C)=O)O[Si](C)(C)C(C)(C)C.COC(=O)C[C@H](O)CC(C)=O. The van der Waals surface area contributed by atoms with Crippen molar-refractivity contribution in [3.8, 4) is 0 Å². The summed E-state index contributed by atoms with van der Waals surface area (Å²) in [7, 11) is 1.91. The Morgan fingerprint density at radius 2 is 1.13 bits per heavy atom. The molecule has 0 spiro atoms. The Labute approximate surface area is 234 Å². The van der Waals surface area contributed by atoms with Crippen molar-refractivity contribution in [2.24, 2.45) is 0 Å². The van der Waals surface area contributed by atoms with E-state index in [0.29, 0.717) is 6.42 Å². The van der Waals surface area contributed by atoms with Gasteiger partial charge in [0.05, 0.1) is 58.9 Å². The predicted molar refractivity (Wildman–Crippen MR) is 149 cm³/mol. The third-order valence-electron chi connectivity index (χ3n) is 5.63. The molecule has 0 unspecified atom stereocenters. The Morgan fingerprint density at radius 3 is 1.46 bits per heavy atom. The number of rotatable bonds is 14. The van der Waals surface area contributed by atoms with Crippen LogP contribution in [0.2, 0.25) is 18.1 Å². The number of esters is 3. The first kappa shape index (κ1) is 41.1. The maximum Gasteiger partial charge on any atom is 0.308 e. The zero-order chi connectivity index (χ0) is 31.4. The molecule has 0 aromatic rings. The first-order valence-corrected chi connectivity index (χ1v) is 15.5. The van der Waals surface area contributed by atoms with Gasteiger partial charge in [0, 0.05) is 12.8 Å². The number of ether oxygens (including phenoxy) is 3. The van der Waals surface area contributed by atoms with Crippen LogP contribution in [0.15, 0.2) is 12.7 Å². The van der Waals surface area contributed by atoms with Crippen LogP contribution in [-0.4, -0.2) is 87.6 Å². The first-order valence-electron chi connectivity index (χ1n) is 12.6. The molecule has 2 N–H and O–H groups in total. The molecule has 0 aromatic heterocycles. The van der Waals surface area contributed by atoms with Gasteiger partial charge in [-0.05, 0) is 38.4 Å². The molecule has 0 rings (SSSR count). The van der Waals surface area contributed by atoms with Crippen LogP contribution < -0.4 is 0 Å². The largest absolute Gasteiger partial charge is 0.469 e. The van der Waals surface area contributed by atoms with E-state index in [0.717, 1.165) is 0 Å². The van der Waals surface area contributed by atoms with Crippen LogP contribution in [0.1, 0.15) is 73.1 Å². The van der Waals surface area contributed by atoms with Gasteiger partial charge in [-0.3, -0.25) is 24.0 Å². The number of carbonyl (C=O) groups excluding carboxylic acids is 5. The average Bonchev–Trinajstić information content (AvgIpc) is 2.77. The first-order chi connectivity index (χ1) is 17.8. The van der Waals surface area contributed by atoms with Crippen LogP contribution >= 0.6 is 0 Å². The fraction of sp³-hybridized carbons (Fsp3) is 0.741. The molecule has 0 aliphatic heterocycles. The Balaban J connectivity index is -0.000000532. The quantitative estimate of drug-likeness (QED) is 0.135. The lowest BCUT2D eigenvalue weighted by atomic mass is 10.1. The van der Waals surface area contributed by atoms with E-state index in [9.17, 15) is 24.0 Å². The van der Waals surface area contributed by atoms with E-state index in [2.05, 4.69) is 54.7 Å². The number of carbonyl (C=O) groups is 5. The van der Waals surface area contributed by atoms with Gasteiger partial charge in [0.2, 0.25) is 0 Å². The molecule has 0 radical (unpaired) electrons. The van der Waals surface area contributed by atoms with Crippen molar-refractivity contribution < 1.29 is 52.8 Å². The number of ketones is 2. The molecule has 39 heavy (non-hydrogen) atoms. The van der Waals surface area contributed by atoms with Gasteiger partial charge < -0.3 is 28.8 Å². The van der Waals surface area contributed by atoms with E-state index in [1.165, 1.54) is 35.2 Å². The van der Waals surface area contributed by atoms with Crippen LogP contribution in [0.5, 0.6) is 0 Å². The molecule has 0 aliphatic carbocycles. The summed E-state index contributed by atoms with van der Waals surface area (Å²) in [6.07, 6.45) is 0.418. The van der Waals surface area contributed by atoms with E-state index in [1.54, 1.807) is 6.08 Å². The highest BCUT2D eigenvalue weighted by Gasteiger charge is 2.39. The minimum Gasteiger partial charge on any atom is -0.469 e. The molecule has 3 atom stereocenters. The van der Waals surface area contributed by atoms with Crippen LogP contribution in [0.3, 0.4) is 0 Å². The molecule has 0 saturated heterocycles. The van der Waals surface area contributed by atoms with Gasteiger partial charge in [-0.1, -0.05) is 26.8 Å². The predicted octanol–water partition coefficient (Wildman–Crippen LogP) is 3.30. The van der Waals surface area contributed by atoms with Crippen molar-refractivity contribution in [1.82, 2.24) is 0 Å².